The average Bonchev–Trinajstić information content (AvgIpc) is 3.45. The van der Waals surface area contributed by atoms with Gasteiger partial charge in [0.05, 0.1) is 18.2 Å². The number of hydrogen-bond acceptors (Lipinski definition) is 11. The molecular weight excluding hydrogens is 434 g/mol. The Morgan fingerprint density at radius 3 is 2.55 bits per heavy atom. The number of rotatable bonds is 7. The van der Waals surface area contributed by atoms with Gasteiger partial charge in [-0.05, 0) is 52.3 Å². The fourth-order valence-corrected chi connectivity index (χ4v) is 2.83. The second kappa shape index (κ2) is 8.93. The number of benzene rings is 2. The molecule has 0 atom stereocenters. The molecule has 2 heterocycles. The Labute approximate surface area is 184 Å². The van der Waals surface area contributed by atoms with E-state index in [4.69, 9.17) is 10.5 Å². The van der Waals surface area contributed by atoms with Gasteiger partial charge in [-0.1, -0.05) is 5.21 Å². The van der Waals surface area contributed by atoms with Crippen molar-refractivity contribution in [3.8, 4) is 22.8 Å². The summed E-state index contributed by atoms with van der Waals surface area (Å²) in [6.07, 6.45) is 1.44. The highest BCUT2D eigenvalue weighted by Crippen LogP contribution is 2.28. The third kappa shape index (κ3) is 4.34. The van der Waals surface area contributed by atoms with Crippen LogP contribution in [-0.4, -0.2) is 49.5 Å². The van der Waals surface area contributed by atoms with E-state index in [1.807, 2.05) is 0 Å². The van der Waals surface area contributed by atoms with Crippen molar-refractivity contribution in [3.05, 3.63) is 69.9 Å². The fraction of sp³-hybridized carbons (Fsp3) is 0.0526. The number of nitrogens with zero attached hydrogens (tertiary/aromatic N) is 7. The standard InChI is InChI=1S/C19H15N9O5/c1-32-14-8-2-11(3-9-14)10-21-23-19(29)15-16(12-4-6-13(7-5-12)28(30)31)27(26-22-15)18-17(20)24-33-25-18/h2-10H,1H3,(H2,20,24)(H,23,29)/b21-10+. The summed E-state index contributed by atoms with van der Waals surface area (Å²) in [5.41, 5.74) is 9.14. The smallest absolute Gasteiger partial charge is 0.294 e. The van der Waals surface area contributed by atoms with Crippen LogP contribution in [-0.2, 0) is 0 Å². The lowest BCUT2D eigenvalue weighted by molar-refractivity contribution is -0.384. The summed E-state index contributed by atoms with van der Waals surface area (Å²) in [4.78, 5) is 23.3. The van der Waals surface area contributed by atoms with E-state index in [-0.39, 0.29) is 28.7 Å². The van der Waals surface area contributed by atoms with E-state index in [2.05, 4.69) is 35.8 Å². The maximum atomic E-state index is 12.8. The molecule has 2 aromatic carbocycles. The first kappa shape index (κ1) is 21.1. The lowest BCUT2D eigenvalue weighted by atomic mass is 10.1. The van der Waals surface area contributed by atoms with Crippen molar-refractivity contribution >= 4 is 23.6 Å². The van der Waals surface area contributed by atoms with E-state index in [0.29, 0.717) is 11.3 Å². The normalized spacial score (nSPS) is 10.9. The molecule has 0 aliphatic heterocycles. The molecule has 0 saturated carbocycles. The van der Waals surface area contributed by atoms with Crippen LogP contribution in [0.5, 0.6) is 5.75 Å². The van der Waals surface area contributed by atoms with Gasteiger partial charge in [-0.25, -0.2) is 10.1 Å². The zero-order valence-electron chi connectivity index (χ0n) is 16.9. The summed E-state index contributed by atoms with van der Waals surface area (Å²) in [6, 6.07) is 12.4. The van der Waals surface area contributed by atoms with Crippen molar-refractivity contribution in [2.45, 2.75) is 0 Å². The fourth-order valence-electron chi connectivity index (χ4n) is 2.83. The largest absolute Gasteiger partial charge is 0.497 e. The number of aromatic nitrogens is 5. The Balaban J connectivity index is 1.66. The maximum Gasteiger partial charge on any atom is 0.294 e. The third-order valence-corrected chi connectivity index (χ3v) is 4.43. The first-order valence-corrected chi connectivity index (χ1v) is 9.24. The van der Waals surface area contributed by atoms with Crippen LogP contribution in [0.1, 0.15) is 16.1 Å². The Morgan fingerprint density at radius 1 is 1.21 bits per heavy atom. The van der Waals surface area contributed by atoms with Crippen molar-refractivity contribution in [2.24, 2.45) is 5.10 Å². The number of hydrazone groups is 1. The molecule has 0 spiro atoms. The van der Waals surface area contributed by atoms with Crippen molar-refractivity contribution in [2.75, 3.05) is 12.8 Å². The first-order valence-electron chi connectivity index (χ1n) is 9.24. The van der Waals surface area contributed by atoms with Crippen molar-refractivity contribution in [1.29, 1.82) is 0 Å². The summed E-state index contributed by atoms with van der Waals surface area (Å²) in [6.45, 7) is 0. The summed E-state index contributed by atoms with van der Waals surface area (Å²) >= 11 is 0. The van der Waals surface area contributed by atoms with E-state index in [1.165, 1.54) is 30.5 Å². The zero-order valence-corrected chi connectivity index (χ0v) is 16.9. The predicted molar refractivity (Wildman–Crippen MR) is 114 cm³/mol. The molecule has 166 valence electrons. The second-order valence-corrected chi connectivity index (χ2v) is 6.45. The first-order chi connectivity index (χ1) is 16.0. The zero-order chi connectivity index (χ0) is 23.4. The van der Waals surface area contributed by atoms with Crippen LogP contribution in [0.25, 0.3) is 17.1 Å². The van der Waals surface area contributed by atoms with Gasteiger partial charge in [-0.15, -0.1) is 5.10 Å². The highest BCUT2D eigenvalue weighted by atomic mass is 16.6. The van der Waals surface area contributed by atoms with Gasteiger partial charge < -0.3 is 10.5 Å². The van der Waals surface area contributed by atoms with Crippen molar-refractivity contribution in [1.82, 2.24) is 30.7 Å². The molecule has 3 N–H and O–H groups in total. The minimum atomic E-state index is -0.686. The number of nitrogens with one attached hydrogen (secondary N) is 1. The number of ether oxygens (including phenoxy) is 1. The van der Waals surface area contributed by atoms with Gasteiger partial charge in [-0.3, -0.25) is 14.9 Å². The molecule has 0 bridgehead atoms. The molecular formula is C19H15N9O5. The van der Waals surface area contributed by atoms with Gasteiger partial charge in [-0.2, -0.15) is 9.78 Å². The Kier molecular flexibility index (Phi) is 5.71. The van der Waals surface area contributed by atoms with Crippen molar-refractivity contribution < 1.29 is 19.1 Å². The number of carbonyl (C=O) groups excluding carboxylic acids is 1. The molecule has 0 saturated heterocycles. The van der Waals surface area contributed by atoms with E-state index in [1.54, 1.807) is 31.4 Å². The van der Waals surface area contributed by atoms with Gasteiger partial charge in [0.15, 0.2) is 5.69 Å². The van der Waals surface area contributed by atoms with Gasteiger partial charge >= 0.3 is 0 Å². The highest BCUT2D eigenvalue weighted by molar-refractivity contribution is 5.98. The molecule has 4 rings (SSSR count). The molecule has 0 aliphatic carbocycles. The van der Waals surface area contributed by atoms with Crippen LogP contribution in [0.4, 0.5) is 11.5 Å². The van der Waals surface area contributed by atoms with Gasteiger partial charge in [0, 0.05) is 17.7 Å². The van der Waals surface area contributed by atoms with Crippen LogP contribution in [0.3, 0.4) is 0 Å². The Bertz CT molecular complexity index is 1330. The number of hydrogen-bond donors (Lipinski definition) is 2. The minimum absolute atomic E-state index is 0.00311. The topological polar surface area (TPSA) is 189 Å². The maximum absolute atomic E-state index is 12.8. The molecule has 0 aliphatic rings. The summed E-state index contributed by atoms with van der Waals surface area (Å²) in [7, 11) is 1.56. The SMILES string of the molecule is COc1ccc(/C=N/NC(=O)c2nnn(-c3nonc3N)c2-c2ccc([N+](=O)[O-])cc2)cc1. The number of nitrogens with two attached hydrogens (primary N) is 1. The highest BCUT2D eigenvalue weighted by Gasteiger charge is 2.25. The summed E-state index contributed by atoms with van der Waals surface area (Å²) in [5, 5.41) is 29.9. The minimum Gasteiger partial charge on any atom is -0.497 e. The van der Waals surface area contributed by atoms with E-state index in [9.17, 15) is 14.9 Å². The summed E-state index contributed by atoms with van der Waals surface area (Å²) in [5.74, 6) is -0.0965. The number of nitrogen functional groups attached to an aromatic ring is 1. The van der Waals surface area contributed by atoms with Crippen LogP contribution >= 0.6 is 0 Å². The molecule has 2 aromatic heterocycles. The van der Waals surface area contributed by atoms with E-state index < -0.39 is 10.8 Å². The number of methoxy groups -OCH3 is 1. The third-order valence-electron chi connectivity index (χ3n) is 4.43. The average molecular weight is 449 g/mol. The van der Waals surface area contributed by atoms with Crippen molar-refractivity contribution in [3.63, 3.8) is 0 Å². The molecule has 33 heavy (non-hydrogen) atoms. The van der Waals surface area contributed by atoms with E-state index >= 15 is 0 Å². The molecule has 4 aromatic rings. The number of nitro groups is 1. The number of carbonyl (C=O) groups is 1. The van der Waals surface area contributed by atoms with Crippen LogP contribution < -0.4 is 15.9 Å². The molecule has 0 fully saturated rings. The number of non-ortho nitro benzene ring substituents is 1. The second-order valence-electron chi connectivity index (χ2n) is 6.45. The van der Waals surface area contributed by atoms with Gasteiger partial charge in [0.1, 0.15) is 11.4 Å². The quantitative estimate of drug-likeness (QED) is 0.238. The van der Waals surface area contributed by atoms with Gasteiger partial charge in [0.25, 0.3) is 11.6 Å². The van der Waals surface area contributed by atoms with Crippen LogP contribution in [0.15, 0.2) is 58.3 Å². The lowest BCUT2D eigenvalue weighted by Gasteiger charge is -2.05. The molecule has 14 nitrogen and oxygen atoms in total. The lowest BCUT2D eigenvalue weighted by Crippen LogP contribution is -2.19. The number of anilines is 1. The number of amides is 1. The van der Waals surface area contributed by atoms with Gasteiger partial charge in [0.2, 0.25) is 11.6 Å². The van der Waals surface area contributed by atoms with E-state index in [0.717, 1.165) is 10.2 Å². The molecule has 1 amide bonds. The molecule has 14 heteroatoms. The van der Waals surface area contributed by atoms with Crippen LogP contribution in [0, 0.1) is 10.1 Å². The Morgan fingerprint density at radius 2 is 1.94 bits per heavy atom. The number of nitro benzene ring substituents is 1. The monoisotopic (exact) mass is 449 g/mol. The van der Waals surface area contributed by atoms with Crippen LogP contribution in [0.2, 0.25) is 0 Å². The summed E-state index contributed by atoms with van der Waals surface area (Å²) < 4.78 is 10.8. The molecule has 0 radical (unpaired) electrons. The predicted octanol–water partition coefficient (Wildman–Crippen LogP) is 1.58. The Hall–Kier alpha value is -5.14. The molecule has 0 unspecified atom stereocenters.